The van der Waals surface area contributed by atoms with Crippen LogP contribution in [0, 0.1) is 0 Å². The van der Waals surface area contributed by atoms with Crippen LogP contribution in [0.5, 0.6) is 17.2 Å². The predicted octanol–water partition coefficient (Wildman–Crippen LogP) is 3.81. The number of carbonyl (C=O) groups is 3. The standard InChI is InChI=1S/C23H26N2O8S/c1-6-32-23(28)18-14-8-7-9-15(20(14)34-21(18)24-12(2)26)25-33-22(27)13-10-16(29-3)19(31-5)17(11-13)30-4/h10-11H,6-9H2,1-5H3,(H,24,26). The molecule has 1 heterocycles. The number of esters is 1. The second-order valence-electron chi connectivity index (χ2n) is 7.20. The Morgan fingerprint density at radius 2 is 1.71 bits per heavy atom. The summed E-state index contributed by atoms with van der Waals surface area (Å²) < 4.78 is 21.0. The van der Waals surface area contributed by atoms with E-state index in [-0.39, 0.29) is 18.1 Å². The Balaban J connectivity index is 1.94. The first kappa shape index (κ1) is 25.0. The predicted molar refractivity (Wildman–Crippen MR) is 126 cm³/mol. The maximum absolute atomic E-state index is 12.7. The zero-order valence-electron chi connectivity index (χ0n) is 19.6. The molecule has 0 aliphatic heterocycles. The van der Waals surface area contributed by atoms with Gasteiger partial charge in [-0.3, -0.25) is 4.79 Å². The summed E-state index contributed by atoms with van der Waals surface area (Å²) in [6.45, 7) is 3.28. The minimum atomic E-state index is -0.719. The minimum Gasteiger partial charge on any atom is -0.493 e. The van der Waals surface area contributed by atoms with Crippen LogP contribution in [0.4, 0.5) is 5.00 Å². The Morgan fingerprint density at radius 1 is 1.03 bits per heavy atom. The summed E-state index contributed by atoms with van der Waals surface area (Å²) in [7, 11) is 4.35. The summed E-state index contributed by atoms with van der Waals surface area (Å²) >= 11 is 1.21. The van der Waals surface area contributed by atoms with Gasteiger partial charge in [-0.15, -0.1) is 11.3 Å². The Kier molecular flexibility index (Phi) is 8.11. The van der Waals surface area contributed by atoms with Gasteiger partial charge in [0.1, 0.15) is 5.00 Å². The van der Waals surface area contributed by atoms with Gasteiger partial charge >= 0.3 is 11.9 Å². The molecule has 1 N–H and O–H groups in total. The van der Waals surface area contributed by atoms with E-state index in [0.717, 1.165) is 5.56 Å². The first-order chi connectivity index (χ1) is 16.3. The van der Waals surface area contributed by atoms with Crippen LogP contribution in [-0.4, -0.2) is 51.5 Å². The Morgan fingerprint density at radius 3 is 2.26 bits per heavy atom. The summed E-state index contributed by atoms with van der Waals surface area (Å²) in [5, 5.41) is 7.18. The number of carbonyl (C=O) groups excluding carboxylic acids is 3. The number of anilines is 1. The van der Waals surface area contributed by atoms with Gasteiger partial charge in [0.2, 0.25) is 11.7 Å². The molecule has 1 amide bonds. The van der Waals surface area contributed by atoms with Crippen molar-refractivity contribution in [2.24, 2.45) is 5.16 Å². The normalized spacial score (nSPS) is 13.6. The lowest BCUT2D eigenvalue weighted by molar-refractivity contribution is -0.114. The molecule has 11 heteroatoms. The molecule has 0 bridgehead atoms. The van der Waals surface area contributed by atoms with Crippen molar-refractivity contribution in [1.29, 1.82) is 0 Å². The molecule has 3 rings (SSSR count). The highest BCUT2D eigenvalue weighted by Crippen LogP contribution is 2.40. The molecule has 0 saturated carbocycles. The zero-order chi connectivity index (χ0) is 24.8. The number of nitrogens with zero attached hydrogens (tertiary/aromatic N) is 1. The lowest BCUT2D eigenvalue weighted by Gasteiger charge is -2.15. The average Bonchev–Trinajstić information content (AvgIpc) is 3.19. The van der Waals surface area contributed by atoms with Gasteiger partial charge in [0, 0.05) is 6.92 Å². The minimum absolute atomic E-state index is 0.159. The van der Waals surface area contributed by atoms with E-state index in [9.17, 15) is 14.4 Å². The van der Waals surface area contributed by atoms with Crippen molar-refractivity contribution in [1.82, 2.24) is 0 Å². The number of thiophene rings is 1. The van der Waals surface area contributed by atoms with Crippen LogP contribution in [0.1, 0.15) is 57.8 Å². The number of rotatable bonds is 8. The quantitative estimate of drug-likeness (QED) is 0.337. The maximum atomic E-state index is 12.7. The highest BCUT2D eigenvalue weighted by molar-refractivity contribution is 7.19. The zero-order valence-corrected chi connectivity index (χ0v) is 20.4. The van der Waals surface area contributed by atoms with E-state index >= 15 is 0 Å². The molecule has 0 unspecified atom stereocenters. The number of amides is 1. The van der Waals surface area contributed by atoms with Crippen LogP contribution < -0.4 is 19.5 Å². The van der Waals surface area contributed by atoms with Gasteiger partial charge in [0.25, 0.3) is 0 Å². The first-order valence-corrected chi connectivity index (χ1v) is 11.3. The maximum Gasteiger partial charge on any atom is 0.366 e. The summed E-state index contributed by atoms with van der Waals surface area (Å²) in [5.74, 6) is -0.586. The number of ether oxygens (including phenoxy) is 4. The van der Waals surface area contributed by atoms with Crippen LogP contribution in [0.25, 0.3) is 0 Å². The summed E-state index contributed by atoms with van der Waals surface area (Å²) in [5.41, 5.74) is 1.71. The largest absolute Gasteiger partial charge is 0.493 e. The van der Waals surface area contributed by atoms with E-state index < -0.39 is 11.9 Å². The van der Waals surface area contributed by atoms with Crippen molar-refractivity contribution < 1.29 is 38.2 Å². The lowest BCUT2D eigenvalue weighted by Crippen LogP contribution is -2.16. The number of methoxy groups -OCH3 is 3. The third-order valence-electron chi connectivity index (χ3n) is 5.02. The number of benzene rings is 1. The van der Waals surface area contributed by atoms with E-state index in [2.05, 4.69) is 10.5 Å². The van der Waals surface area contributed by atoms with Gasteiger partial charge in [-0.2, -0.15) is 0 Å². The topological polar surface area (TPSA) is 122 Å². The molecule has 10 nitrogen and oxygen atoms in total. The van der Waals surface area contributed by atoms with E-state index in [0.29, 0.717) is 57.7 Å². The highest BCUT2D eigenvalue weighted by atomic mass is 32.1. The SMILES string of the molecule is CCOC(=O)c1c(NC(C)=O)sc2c1CCCC2=NOC(=O)c1cc(OC)c(OC)c(OC)c1. The van der Waals surface area contributed by atoms with Gasteiger partial charge < -0.3 is 29.1 Å². The fraction of sp³-hybridized carbons (Fsp3) is 0.391. The van der Waals surface area contributed by atoms with Gasteiger partial charge in [-0.05, 0) is 43.9 Å². The Hall–Kier alpha value is -3.60. The van der Waals surface area contributed by atoms with E-state index in [1.165, 1.54) is 51.7 Å². The molecule has 1 aromatic carbocycles. The number of oxime groups is 1. The molecule has 1 aromatic heterocycles. The highest BCUT2D eigenvalue weighted by Gasteiger charge is 2.30. The van der Waals surface area contributed by atoms with E-state index in [4.69, 9.17) is 23.8 Å². The van der Waals surface area contributed by atoms with Crippen molar-refractivity contribution in [3.05, 3.63) is 33.7 Å². The molecule has 1 aliphatic carbocycles. The molecule has 0 spiro atoms. The number of nitrogens with one attached hydrogen (secondary N) is 1. The van der Waals surface area contributed by atoms with Gasteiger partial charge in [-0.1, -0.05) is 5.16 Å². The molecule has 0 saturated heterocycles. The molecule has 34 heavy (non-hydrogen) atoms. The van der Waals surface area contributed by atoms with Crippen LogP contribution in [-0.2, 0) is 20.8 Å². The van der Waals surface area contributed by atoms with Gasteiger partial charge in [-0.25, -0.2) is 9.59 Å². The third-order valence-corrected chi connectivity index (χ3v) is 6.21. The Bertz CT molecular complexity index is 1110. The molecule has 2 aromatic rings. The smallest absolute Gasteiger partial charge is 0.366 e. The van der Waals surface area contributed by atoms with Crippen molar-refractivity contribution >= 4 is 39.9 Å². The van der Waals surface area contributed by atoms with Crippen molar-refractivity contribution in [2.75, 3.05) is 33.3 Å². The monoisotopic (exact) mass is 490 g/mol. The van der Waals surface area contributed by atoms with E-state index in [1.54, 1.807) is 6.92 Å². The second kappa shape index (κ2) is 11.0. The van der Waals surface area contributed by atoms with Crippen molar-refractivity contribution in [3.63, 3.8) is 0 Å². The Labute approximate surface area is 200 Å². The molecule has 1 aliphatic rings. The molecule has 182 valence electrons. The summed E-state index contributed by atoms with van der Waals surface area (Å²) in [6.07, 6.45) is 1.84. The van der Waals surface area contributed by atoms with Gasteiger partial charge in [0.15, 0.2) is 11.5 Å². The first-order valence-electron chi connectivity index (χ1n) is 10.5. The molecular formula is C23H26N2O8S. The average molecular weight is 491 g/mol. The summed E-state index contributed by atoms with van der Waals surface area (Å²) in [6, 6.07) is 2.93. The fourth-order valence-electron chi connectivity index (χ4n) is 3.59. The second-order valence-corrected chi connectivity index (χ2v) is 8.22. The number of hydrogen-bond acceptors (Lipinski definition) is 10. The van der Waals surface area contributed by atoms with Crippen LogP contribution in [0.3, 0.4) is 0 Å². The van der Waals surface area contributed by atoms with Gasteiger partial charge in [0.05, 0.1) is 49.7 Å². The lowest BCUT2D eigenvalue weighted by atomic mass is 9.94. The van der Waals surface area contributed by atoms with Crippen LogP contribution in [0.15, 0.2) is 17.3 Å². The van der Waals surface area contributed by atoms with E-state index in [1.807, 2.05) is 0 Å². The molecule has 0 fully saturated rings. The van der Waals surface area contributed by atoms with Crippen LogP contribution >= 0.6 is 11.3 Å². The van der Waals surface area contributed by atoms with Crippen molar-refractivity contribution in [2.45, 2.75) is 33.1 Å². The number of fused-ring (bicyclic) bond motifs is 1. The summed E-state index contributed by atoms with van der Waals surface area (Å²) in [4.78, 5) is 42.9. The fourth-order valence-corrected chi connectivity index (χ4v) is 4.88. The van der Waals surface area contributed by atoms with Crippen molar-refractivity contribution in [3.8, 4) is 17.2 Å². The molecule has 0 radical (unpaired) electrons. The molecular weight excluding hydrogens is 464 g/mol. The third kappa shape index (κ3) is 5.14. The molecule has 0 atom stereocenters. The van der Waals surface area contributed by atoms with Crippen LogP contribution in [0.2, 0.25) is 0 Å². The number of hydrogen-bond donors (Lipinski definition) is 1.